The number of fused-ring (bicyclic) bond motifs is 1. The van der Waals surface area contributed by atoms with Crippen LogP contribution in [0, 0.1) is 5.82 Å². The molecule has 1 atom stereocenters. The topological polar surface area (TPSA) is 29.1 Å². The van der Waals surface area contributed by atoms with Crippen LogP contribution in [0.4, 0.5) is 4.39 Å². The van der Waals surface area contributed by atoms with Crippen LogP contribution in [-0.4, -0.2) is 5.91 Å². The van der Waals surface area contributed by atoms with E-state index in [1.54, 1.807) is 18.2 Å². The number of benzene rings is 2. The van der Waals surface area contributed by atoms with Gasteiger partial charge in [-0.2, -0.15) is 0 Å². The Hall–Kier alpha value is -2.42. The normalized spacial score (nSPS) is 17.2. The molecule has 2 aromatic carbocycles. The van der Waals surface area contributed by atoms with E-state index in [0.29, 0.717) is 0 Å². The van der Waals surface area contributed by atoms with Gasteiger partial charge in [0.05, 0.1) is 6.04 Å². The van der Waals surface area contributed by atoms with E-state index in [9.17, 15) is 9.18 Å². The molecule has 0 heterocycles. The van der Waals surface area contributed by atoms with Gasteiger partial charge in [-0.3, -0.25) is 4.79 Å². The maximum Gasteiger partial charge on any atom is 0.244 e. The fraction of sp³-hybridized carbons (Fsp3) is 0.211. The molecule has 0 bridgehead atoms. The first-order valence-electron chi connectivity index (χ1n) is 7.54. The summed E-state index contributed by atoms with van der Waals surface area (Å²) >= 11 is 0. The molecule has 1 unspecified atom stereocenters. The number of hydrogen-bond donors (Lipinski definition) is 1. The van der Waals surface area contributed by atoms with Gasteiger partial charge in [-0.15, -0.1) is 0 Å². The first kappa shape index (κ1) is 14.5. The summed E-state index contributed by atoms with van der Waals surface area (Å²) in [4.78, 5) is 12.1. The Morgan fingerprint density at radius 3 is 2.73 bits per heavy atom. The summed E-state index contributed by atoms with van der Waals surface area (Å²) < 4.78 is 12.8. The van der Waals surface area contributed by atoms with Crippen LogP contribution in [0.15, 0.2) is 54.6 Å². The second kappa shape index (κ2) is 6.56. The second-order valence-corrected chi connectivity index (χ2v) is 5.54. The van der Waals surface area contributed by atoms with Crippen LogP contribution in [0.25, 0.3) is 6.08 Å². The molecule has 0 spiro atoms. The molecule has 1 aliphatic carbocycles. The fourth-order valence-corrected chi connectivity index (χ4v) is 2.87. The van der Waals surface area contributed by atoms with Gasteiger partial charge < -0.3 is 5.32 Å². The molecule has 22 heavy (non-hydrogen) atoms. The minimum atomic E-state index is -0.277. The van der Waals surface area contributed by atoms with E-state index in [0.717, 1.165) is 24.8 Å². The number of amides is 1. The van der Waals surface area contributed by atoms with Gasteiger partial charge in [0, 0.05) is 6.08 Å². The largest absolute Gasteiger partial charge is 0.346 e. The Morgan fingerprint density at radius 2 is 1.91 bits per heavy atom. The zero-order valence-corrected chi connectivity index (χ0v) is 12.3. The van der Waals surface area contributed by atoms with Crippen LogP contribution in [0.3, 0.4) is 0 Å². The predicted molar refractivity (Wildman–Crippen MR) is 85.7 cm³/mol. The minimum Gasteiger partial charge on any atom is -0.346 e. The third kappa shape index (κ3) is 3.42. The molecule has 1 aliphatic rings. The highest BCUT2D eigenvalue weighted by Crippen LogP contribution is 2.29. The van der Waals surface area contributed by atoms with Crippen LogP contribution in [0.5, 0.6) is 0 Å². The van der Waals surface area contributed by atoms with E-state index >= 15 is 0 Å². The summed E-state index contributed by atoms with van der Waals surface area (Å²) in [5.74, 6) is -0.397. The molecule has 0 saturated carbocycles. The lowest BCUT2D eigenvalue weighted by Gasteiger charge is -2.25. The van der Waals surface area contributed by atoms with Crippen LogP contribution < -0.4 is 5.32 Å². The van der Waals surface area contributed by atoms with Gasteiger partial charge >= 0.3 is 0 Å². The van der Waals surface area contributed by atoms with Crippen LogP contribution in [0.2, 0.25) is 0 Å². The number of hydrogen-bond acceptors (Lipinski definition) is 1. The van der Waals surface area contributed by atoms with Crippen molar-refractivity contribution in [2.24, 2.45) is 0 Å². The fourth-order valence-electron chi connectivity index (χ4n) is 2.87. The van der Waals surface area contributed by atoms with Crippen molar-refractivity contribution in [2.75, 3.05) is 0 Å². The number of nitrogens with one attached hydrogen (secondary N) is 1. The van der Waals surface area contributed by atoms with E-state index in [1.807, 2.05) is 12.1 Å². The highest BCUT2D eigenvalue weighted by Gasteiger charge is 2.20. The van der Waals surface area contributed by atoms with Gasteiger partial charge in [0.2, 0.25) is 5.91 Å². The standard InChI is InChI=1S/C19H18FNO/c20-16-11-8-14(9-12-16)10-13-19(22)21-18-7-3-5-15-4-1-2-6-17(15)18/h1-2,4,6,8-13,18H,3,5,7H2,(H,21,22). The molecule has 2 aromatic rings. The summed E-state index contributed by atoms with van der Waals surface area (Å²) in [6.07, 6.45) is 6.33. The lowest BCUT2D eigenvalue weighted by atomic mass is 9.88. The number of aryl methyl sites for hydroxylation is 1. The maximum atomic E-state index is 12.8. The van der Waals surface area contributed by atoms with Crippen molar-refractivity contribution >= 4 is 12.0 Å². The smallest absolute Gasteiger partial charge is 0.244 e. The van der Waals surface area contributed by atoms with Crippen molar-refractivity contribution < 1.29 is 9.18 Å². The van der Waals surface area contributed by atoms with Crippen molar-refractivity contribution in [1.29, 1.82) is 0 Å². The van der Waals surface area contributed by atoms with Crippen LogP contribution in [0.1, 0.15) is 35.6 Å². The zero-order valence-electron chi connectivity index (χ0n) is 12.3. The SMILES string of the molecule is O=C(C=Cc1ccc(F)cc1)NC1CCCc2ccccc21. The lowest BCUT2D eigenvalue weighted by Crippen LogP contribution is -2.29. The van der Waals surface area contributed by atoms with Gasteiger partial charge in [0.15, 0.2) is 0 Å². The van der Waals surface area contributed by atoms with Gasteiger partial charge in [-0.25, -0.2) is 4.39 Å². The van der Waals surface area contributed by atoms with E-state index in [-0.39, 0.29) is 17.8 Å². The predicted octanol–water partition coefficient (Wildman–Crippen LogP) is 4.03. The molecule has 112 valence electrons. The molecule has 2 nitrogen and oxygen atoms in total. The Morgan fingerprint density at radius 1 is 1.14 bits per heavy atom. The summed E-state index contributed by atoms with van der Waals surface area (Å²) in [5, 5.41) is 3.06. The van der Waals surface area contributed by atoms with Crippen molar-refractivity contribution in [2.45, 2.75) is 25.3 Å². The number of halogens is 1. The molecule has 0 saturated heterocycles. The molecule has 1 N–H and O–H groups in total. The maximum absolute atomic E-state index is 12.8. The summed E-state index contributed by atoms with van der Waals surface area (Å²) in [6.45, 7) is 0. The summed E-state index contributed by atoms with van der Waals surface area (Å²) in [6, 6.07) is 14.4. The van der Waals surface area contributed by atoms with E-state index < -0.39 is 0 Å². The molecular formula is C19H18FNO. The first-order valence-corrected chi connectivity index (χ1v) is 7.54. The molecule has 0 aliphatic heterocycles. The first-order chi connectivity index (χ1) is 10.7. The molecule has 0 radical (unpaired) electrons. The van der Waals surface area contributed by atoms with Crippen LogP contribution in [-0.2, 0) is 11.2 Å². The molecule has 3 heteroatoms. The van der Waals surface area contributed by atoms with E-state index in [1.165, 1.54) is 29.3 Å². The van der Waals surface area contributed by atoms with Crippen molar-refractivity contribution in [3.8, 4) is 0 Å². The minimum absolute atomic E-state index is 0.0790. The van der Waals surface area contributed by atoms with Crippen LogP contribution >= 0.6 is 0 Å². The third-order valence-electron chi connectivity index (χ3n) is 3.98. The molecule has 3 rings (SSSR count). The van der Waals surface area contributed by atoms with Gasteiger partial charge in [0.25, 0.3) is 0 Å². The number of carbonyl (C=O) groups is 1. The van der Waals surface area contributed by atoms with Crippen molar-refractivity contribution in [1.82, 2.24) is 5.32 Å². The van der Waals surface area contributed by atoms with Gasteiger partial charge in [-0.05, 0) is 54.2 Å². The van der Waals surface area contributed by atoms with E-state index in [2.05, 4.69) is 17.4 Å². The Labute approximate surface area is 129 Å². The Bertz CT molecular complexity index is 691. The van der Waals surface area contributed by atoms with Gasteiger partial charge in [0.1, 0.15) is 5.82 Å². The van der Waals surface area contributed by atoms with Crippen molar-refractivity contribution in [3.63, 3.8) is 0 Å². The van der Waals surface area contributed by atoms with Gasteiger partial charge in [-0.1, -0.05) is 36.4 Å². The average Bonchev–Trinajstić information content (AvgIpc) is 2.55. The third-order valence-corrected chi connectivity index (χ3v) is 3.98. The van der Waals surface area contributed by atoms with Crippen molar-refractivity contribution in [3.05, 3.63) is 77.1 Å². The molecule has 0 aromatic heterocycles. The molecule has 0 fully saturated rings. The summed E-state index contributed by atoms with van der Waals surface area (Å²) in [7, 11) is 0. The lowest BCUT2D eigenvalue weighted by molar-refractivity contribution is -0.117. The Balaban J connectivity index is 1.66. The quantitative estimate of drug-likeness (QED) is 0.851. The molecule has 1 amide bonds. The summed E-state index contributed by atoms with van der Waals surface area (Å²) in [5.41, 5.74) is 3.35. The number of carbonyl (C=O) groups excluding carboxylic acids is 1. The monoisotopic (exact) mass is 295 g/mol. The highest BCUT2D eigenvalue weighted by atomic mass is 19.1. The second-order valence-electron chi connectivity index (χ2n) is 5.54. The highest BCUT2D eigenvalue weighted by molar-refractivity contribution is 5.92. The Kier molecular flexibility index (Phi) is 4.33. The average molecular weight is 295 g/mol. The molecular weight excluding hydrogens is 277 g/mol. The van der Waals surface area contributed by atoms with E-state index in [4.69, 9.17) is 0 Å². The zero-order chi connectivity index (χ0) is 15.4. The number of rotatable bonds is 3.